The first-order chi connectivity index (χ1) is 10.2. The second kappa shape index (κ2) is 6.05. The number of nitrogens with zero attached hydrogens (tertiary/aromatic N) is 1. The van der Waals surface area contributed by atoms with Crippen molar-refractivity contribution in [1.82, 2.24) is 10.3 Å². The van der Waals surface area contributed by atoms with E-state index in [4.69, 9.17) is 9.47 Å². The lowest BCUT2D eigenvalue weighted by Gasteiger charge is -2.21. The smallest absolute Gasteiger partial charge is 0.162 e. The van der Waals surface area contributed by atoms with Gasteiger partial charge < -0.3 is 14.8 Å². The van der Waals surface area contributed by atoms with Crippen LogP contribution in [0, 0.1) is 11.6 Å². The van der Waals surface area contributed by atoms with E-state index >= 15 is 0 Å². The summed E-state index contributed by atoms with van der Waals surface area (Å²) in [5.41, 5.74) is 0.989. The minimum absolute atomic E-state index is 0.103. The van der Waals surface area contributed by atoms with E-state index in [2.05, 4.69) is 10.3 Å². The van der Waals surface area contributed by atoms with Crippen molar-refractivity contribution in [2.75, 3.05) is 26.8 Å². The molecule has 0 saturated carbocycles. The topological polar surface area (TPSA) is 43.4 Å². The zero-order chi connectivity index (χ0) is 14.8. The van der Waals surface area contributed by atoms with Crippen molar-refractivity contribution in [3.8, 4) is 17.0 Å². The van der Waals surface area contributed by atoms with Crippen molar-refractivity contribution in [3.05, 3.63) is 34.2 Å². The fourth-order valence-corrected chi connectivity index (χ4v) is 3.05. The number of nitrogens with one attached hydrogen (secondary N) is 1. The highest BCUT2D eigenvalue weighted by Crippen LogP contribution is 2.34. The summed E-state index contributed by atoms with van der Waals surface area (Å²) in [6, 6.07) is 2.13. The Morgan fingerprint density at radius 2 is 2.19 bits per heavy atom. The molecule has 0 aliphatic carbocycles. The van der Waals surface area contributed by atoms with Gasteiger partial charge in [-0.2, -0.15) is 0 Å². The lowest BCUT2D eigenvalue weighted by molar-refractivity contribution is 0.0276. The number of aromatic nitrogens is 1. The molecule has 3 rings (SSSR count). The van der Waals surface area contributed by atoms with Crippen molar-refractivity contribution in [3.63, 3.8) is 0 Å². The summed E-state index contributed by atoms with van der Waals surface area (Å²) in [5.74, 6) is -1.60. The Balaban J connectivity index is 1.94. The van der Waals surface area contributed by atoms with Gasteiger partial charge in [0.15, 0.2) is 11.6 Å². The summed E-state index contributed by atoms with van der Waals surface area (Å²) in [6.07, 6.45) is -0.103. The number of rotatable bonds is 3. The molecule has 1 fully saturated rings. The normalized spacial score (nSPS) is 18.7. The summed E-state index contributed by atoms with van der Waals surface area (Å²) >= 11 is 1.43. The van der Waals surface area contributed by atoms with Gasteiger partial charge in [-0.1, -0.05) is 0 Å². The molecule has 0 radical (unpaired) electrons. The van der Waals surface area contributed by atoms with E-state index in [9.17, 15) is 8.78 Å². The van der Waals surface area contributed by atoms with Crippen molar-refractivity contribution < 1.29 is 18.3 Å². The minimum atomic E-state index is -0.939. The molecule has 1 atom stereocenters. The minimum Gasteiger partial charge on any atom is -0.496 e. The molecule has 1 N–H and O–H groups in total. The highest BCUT2D eigenvalue weighted by molar-refractivity contribution is 7.10. The molecule has 1 aliphatic rings. The molecule has 0 spiro atoms. The van der Waals surface area contributed by atoms with Gasteiger partial charge in [-0.05, 0) is 6.07 Å². The van der Waals surface area contributed by atoms with Crippen LogP contribution in [0.15, 0.2) is 17.5 Å². The van der Waals surface area contributed by atoms with Crippen molar-refractivity contribution >= 4 is 11.3 Å². The summed E-state index contributed by atoms with van der Waals surface area (Å²) in [5, 5.41) is 5.83. The number of halogens is 2. The quantitative estimate of drug-likeness (QED) is 0.946. The van der Waals surface area contributed by atoms with Crippen LogP contribution in [-0.2, 0) is 4.74 Å². The highest BCUT2D eigenvalue weighted by atomic mass is 32.1. The first kappa shape index (κ1) is 14.4. The van der Waals surface area contributed by atoms with E-state index in [1.54, 1.807) is 5.38 Å². The molecule has 1 aromatic heterocycles. The van der Waals surface area contributed by atoms with E-state index in [-0.39, 0.29) is 11.9 Å². The predicted octanol–water partition coefficient (Wildman–Crippen LogP) is 2.76. The monoisotopic (exact) mass is 312 g/mol. The molecule has 7 heteroatoms. The molecule has 1 saturated heterocycles. The SMILES string of the molecule is COc1cc(F)c(F)cc1-c1csc([C@H]2CNCCO2)n1. The van der Waals surface area contributed by atoms with Gasteiger partial charge in [-0.15, -0.1) is 11.3 Å². The third-order valence-electron chi connectivity index (χ3n) is 3.24. The molecule has 112 valence electrons. The van der Waals surface area contributed by atoms with Crippen LogP contribution in [0.5, 0.6) is 5.75 Å². The third-order valence-corrected chi connectivity index (χ3v) is 4.18. The van der Waals surface area contributed by atoms with Crippen LogP contribution in [-0.4, -0.2) is 31.8 Å². The molecule has 1 aliphatic heterocycles. The number of ether oxygens (including phenoxy) is 2. The molecule has 0 bridgehead atoms. The van der Waals surface area contributed by atoms with Crippen molar-refractivity contribution in [1.29, 1.82) is 0 Å². The number of morpholine rings is 1. The molecular formula is C14H14F2N2O2S. The molecule has 0 unspecified atom stereocenters. The van der Waals surface area contributed by atoms with Crippen molar-refractivity contribution in [2.45, 2.75) is 6.10 Å². The van der Waals surface area contributed by atoms with Gasteiger partial charge in [0.25, 0.3) is 0 Å². The number of thiazole rings is 1. The first-order valence-electron chi connectivity index (χ1n) is 6.50. The van der Waals surface area contributed by atoms with Gasteiger partial charge in [-0.3, -0.25) is 0 Å². The maximum atomic E-state index is 13.5. The average Bonchev–Trinajstić information content (AvgIpc) is 3.00. The van der Waals surface area contributed by atoms with E-state index in [1.807, 2.05) is 0 Å². The molecule has 21 heavy (non-hydrogen) atoms. The summed E-state index contributed by atoms with van der Waals surface area (Å²) < 4.78 is 37.4. The Kier molecular flexibility index (Phi) is 4.14. The van der Waals surface area contributed by atoms with Crippen LogP contribution >= 0.6 is 11.3 Å². The Morgan fingerprint density at radius 1 is 1.38 bits per heavy atom. The zero-order valence-corrected chi connectivity index (χ0v) is 12.2. The molecule has 0 amide bonds. The molecule has 2 heterocycles. The average molecular weight is 312 g/mol. The summed E-state index contributed by atoms with van der Waals surface area (Å²) in [4.78, 5) is 4.47. The number of benzene rings is 1. The van der Waals surface area contributed by atoms with Crippen LogP contribution in [0.1, 0.15) is 11.1 Å². The van der Waals surface area contributed by atoms with Crippen LogP contribution in [0.2, 0.25) is 0 Å². The Hall–Kier alpha value is -1.57. The van der Waals surface area contributed by atoms with E-state index in [1.165, 1.54) is 18.4 Å². The third kappa shape index (κ3) is 2.90. The molecule has 4 nitrogen and oxygen atoms in total. The molecule has 2 aromatic rings. The van der Waals surface area contributed by atoms with Crippen LogP contribution in [0.3, 0.4) is 0 Å². The first-order valence-corrected chi connectivity index (χ1v) is 7.38. The fourth-order valence-electron chi connectivity index (χ4n) is 2.18. The maximum Gasteiger partial charge on any atom is 0.162 e. The van der Waals surface area contributed by atoms with Gasteiger partial charge in [0, 0.05) is 30.1 Å². The molecule has 1 aromatic carbocycles. The second-order valence-corrected chi connectivity index (χ2v) is 5.49. The van der Waals surface area contributed by atoms with Crippen molar-refractivity contribution in [2.24, 2.45) is 0 Å². The van der Waals surface area contributed by atoms with Gasteiger partial charge >= 0.3 is 0 Å². The predicted molar refractivity (Wildman–Crippen MR) is 75.6 cm³/mol. The van der Waals surface area contributed by atoms with E-state index in [0.717, 1.165) is 23.7 Å². The fraction of sp³-hybridized carbons (Fsp3) is 0.357. The maximum absolute atomic E-state index is 13.5. The number of hydrogen-bond acceptors (Lipinski definition) is 5. The summed E-state index contributed by atoms with van der Waals surface area (Å²) in [7, 11) is 1.41. The Labute approximate surface area is 124 Å². The number of hydrogen-bond donors (Lipinski definition) is 1. The van der Waals surface area contributed by atoms with Gasteiger partial charge in [0.1, 0.15) is 16.9 Å². The van der Waals surface area contributed by atoms with Crippen LogP contribution < -0.4 is 10.1 Å². The van der Waals surface area contributed by atoms with Crippen LogP contribution in [0.25, 0.3) is 11.3 Å². The molecular weight excluding hydrogens is 298 g/mol. The lowest BCUT2D eigenvalue weighted by atomic mass is 10.1. The highest BCUT2D eigenvalue weighted by Gasteiger charge is 2.21. The Bertz CT molecular complexity index is 642. The largest absolute Gasteiger partial charge is 0.496 e. The lowest BCUT2D eigenvalue weighted by Crippen LogP contribution is -2.33. The Morgan fingerprint density at radius 3 is 2.90 bits per heavy atom. The second-order valence-electron chi connectivity index (χ2n) is 4.60. The number of methoxy groups -OCH3 is 1. The van der Waals surface area contributed by atoms with Gasteiger partial charge in [0.05, 0.1) is 19.4 Å². The van der Waals surface area contributed by atoms with Gasteiger partial charge in [-0.25, -0.2) is 13.8 Å². The standard InChI is InChI=1S/C14H14F2N2O2S/c1-19-12-5-10(16)9(15)4-8(12)11-7-21-14(18-11)13-6-17-2-3-20-13/h4-5,7,13,17H,2-3,6H2,1H3/t13-/m1/s1. The van der Waals surface area contributed by atoms with Gasteiger partial charge in [0.2, 0.25) is 0 Å². The van der Waals surface area contributed by atoms with Crippen LogP contribution in [0.4, 0.5) is 8.78 Å². The van der Waals surface area contributed by atoms with E-state index < -0.39 is 11.6 Å². The zero-order valence-electron chi connectivity index (χ0n) is 11.4. The summed E-state index contributed by atoms with van der Waals surface area (Å²) in [6.45, 7) is 2.15. The van der Waals surface area contributed by atoms with E-state index in [0.29, 0.717) is 24.4 Å².